The first-order valence-corrected chi connectivity index (χ1v) is 11.1. The molecule has 1 aromatic rings. The number of benzene rings is 1. The fourth-order valence-corrected chi connectivity index (χ4v) is 4.07. The van der Waals surface area contributed by atoms with Crippen molar-refractivity contribution >= 4 is 11.9 Å². The highest BCUT2D eigenvalue weighted by molar-refractivity contribution is 6.26. The molecule has 0 amide bonds. The van der Waals surface area contributed by atoms with E-state index < -0.39 is 11.9 Å². The summed E-state index contributed by atoms with van der Waals surface area (Å²) < 4.78 is 18.9. The number of hydrogen-bond donors (Lipinski definition) is 2. The highest BCUT2D eigenvalue weighted by Crippen LogP contribution is 2.37. The molecule has 176 valence electrons. The number of halogens is 1. The lowest BCUT2D eigenvalue weighted by atomic mass is 9.75. The van der Waals surface area contributed by atoms with Crippen LogP contribution in [0.1, 0.15) is 65.4 Å². The van der Waals surface area contributed by atoms with E-state index in [2.05, 4.69) is 33.0 Å². The molecule has 0 radical (unpaired) electrons. The number of nitrogens with two attached hydrogens (primary N) is 1. The molecule has 0 spiro atoms. The van der Waals surface area contributed by atoms with Crippen LogP contribution in [0.3, 0.4) is 0 Å². The number of carbonyl (C=O) groups is 2. The van der Waals surface area contributed by atoms with Gasteiger partial charge in [-0.1, -0.05) is 32.4 Å². The second-order valence-corrected chi connectivity index (χ2v) is 9.38. The Bertz CT molecular complexity index is 663. The molecule has 1 aromatic carbocycles. The standard InChI is InChI=1S/C22H36FNO.C2H2O4/c1-17(2)5-8-19(20-12-14-25-22(3,4)15-20)11-13-24-16-18-6-9-21(23)10-7-18;3-1(4)2(5)6/h6-7,9-10,17,19-20,24H,5,8,11-16H2,1-4H3;(H,3,4)(H,5,6). The maximum Gasteiger partial charge on any atom is 0.351 e. The van der Waals surface area contributed by atoms with Crippen molar-refractivity contribution in [3.05, 3.63) is 35.6 Å². The molecule has 2 rings (SSSR count). The lowest BCUT2D eigenvalue weighted by Crippen LogP contribution is -2.82. The molecule has 1 saturated heterocycles. The number of carbonyl (C=O) groups excluding carboxylic acids is 1. The predicted molar refractivity (Wildman–Crippen MR) is 114 cm³/mol. The number of carboxylic acids is 2. The van der Waals surface area contributed by atoms with Crippen molar-refractivity contribution in [1.29, 1.82) is 0 Å². The Morgan fingerprint density at radius 1 is 1.23 bits per heavy atom. The van der Waals surface area contributed by atoms with Crippen molar-refractivity contribution in [2.45, 2.75) is 71.9 Å². The molecule has 31 heavy (non-hydrogen) atoms. The summed E-state index contributed by atoms with van der Waals surface area (Å²) in [6, 6.07) is 6.89. The molecular formula is C24H38FNO5. The second kappa shape index (κ2) is 13.4. The number of carboxylic acid groups (broad SMARTS) is 2. The van der Waals surface area contributed by atoms with Gasteiger partial charge in [-0.25, -0.2) is 9.18 Å². The van der Waals surface area contributed by atoms with Gasteiger partial charge >= 0.3 is 5.97 Å². The minimum atomic E-state index is -2.07. The van der Waals surface area contributed by atoms with Crippen LogP contribution in [0.4, 0.5) is 4.39 Å². The van der Waals surface area contributed by atoms with Gasteiger partial charge in [-0.2, -0.15) is 0 Å². The van der Waals surface area contributed by atoms with Gasteiger partial charge in [0.1, 0.15) is 12.4 Å². The molecule has 0 bridgehead atoms. The molecule has 1 heterocycles. The minimum Gasteiger partial charge on any atom is -0.539 e. The van der Waals surface area contributed by atoms with Crippen LogP contribution in [0.2, 0.25) is 0 Å². The van der Waals surface area contributed by atoms with Crippen LogP contribution in [-0.4, -0.2) is 35.8 Å². The third kappa shape index (κ3) is 11.8. The van der Waals surface area contributed by atoms with Crippen molar-refractivity contribution in [1.82, 2.24) is 0 Å². The van der Waals surface area contributed by atoms with Crippen LogP contribution >= 0.6 is 0 Å². The van der Waals surface area contributed by atoms with Crippen LogP contribution < -0.4 is 10.4 Å². The molecule has 1 aliphatic rings. The van der Waals surface area contributed by atoms with Gasteiger partial charge < -0.3 is 25.1 Å². The quantitative estimate of drug-likeness (QED) is 0.454. The average Bonchev–Trinajstić information content (AvgIpc) is 2.68. The van der Waals surface area contributed by atoms with Gasteiger partial charge in [0.2, 0.25) is 0 Å². The summed E-state index contributed by atoms with van der Waals surface area (Å²) in [4.78, 5) is 18.0. The van der Waals surface area contributed by atoms with Crippen molar-refractivity contribution in [2.75, 3.05) is 13.2 Å². The molecule has 6 nitrogen and oxygen atoms in total. The summed E-state index contributed by atoms with van der Waals surface area (Å²) in [5, 5.41) is 18.7. The number of aliphatic carboxylic acids is 2. The van der Waals surface area contributed by atoms with Crippen LogP contribution in [-0.2, 0) is 20.9 Å². The Balaban J connectivity index is 0.000000703. The van der Waals surface area contributed by atoms with E-state index in [1.807, 2.05) is 12.1 Å². The van der Waals surface area contributed by atoms with E-state index in [0.717, 1.165) is 37.5 Å². The van der Waals surface area contributed by atoms with Crippen LogP contribution in [0.15, 0.2) is 24.3 Å². The molecule has 0 aliphatic carbocycles. The summed E-state index contributed by atoms with van der Waals surface area (Å²) in [5.74, 6) is -1.79. The highest BCUT2D eigenvalue weighted by atomic mass is 19.1. The lowest BCUT2D eigenvalue weighted by Gasteiger charge is -2.39. The summed E-state index contributed by atoms with van der Waals surface area (Å²) in [5.41, 5.74) is 1.24. The summed E-state index contributed by atoms with van der Waals surface area (Å²) >= 11 is 0. The van der Waals surface area contributed by atoms with Crippen LogP contribution in [0.25, 0.3) is 0 Å². The first-order valence-electron chi connectivity index (χ1n) is 11.1. The topological polar surface area (TPSA) is 103 Å². The highest BCUT2D eigenvalue weighted by Gasteiger charge is 2.33. The molecule has 2 unspecified atom stereocenters. The normalized spacial score (nSPS) is 18.7. The van der Waals surface area contributed by atoms with Crippen LogP contribution in [0.5, 0.6) is 0 Å². The predicted octanol–water partition coefficient (Wildman–Crippen LogP) is 2.36. The van der Waals surface area contributed by atoms with E-state index in [9.17, 15) is 4.39 Å². The van der Waals surface area contributed by atoms with Gasteiger partial charge in [-0.3, -0.25) is 0 Å². The van der Waals surface area contributed by atoms with E-state index >= 15 is 0 Å². The van der Waals surface area contributed by atoms with Gasteiger partial charge in [-0.05, 0) is 69.4 Å². The zero-order valence-electron chi connectivity index (χ0n) is 19.2. The molecule has 0 aromatic heterocycles. The maximum atomic E-state index is 13.0. The van der Waals surface area contributed by atoms with E-state index in [1.165, 1.54) is 37.7 Å². The fraction of sp³-hybridized carbons (Fsp3) is 0.667. The van der Waals surface area contributed by atoms with E-state index in [1.54, 1.807) is 12.1 Å². The molecule has 1 aliphatic heterocycles. The van der Waals surface area contributed by atoms with Crippen molar-refractivity contribution in [2.24, 2.45) is 17.8 Å². The van der Waals surface area contributed by atoms with Gasteiger partial charge in [0, 0.05) is 12.2 Å². The molecule has 3 N–H and O–H groups in total. The number of ether oxygens (including phenoxy) is 1. The van der Waals surface area contributed by atoms with E-state index in [-0.39, 0.29) is 11.4 Å². The second-order valence-electron chi connectivity index (χ2n) is 9.38. The molecule has 0 saturated carbocycles. The smallest absolute Gasteiger partial charge is 0.351 e. The van der Waals surface area contributed by atoms with Gasteiger partial charge in [0.15, 0.2) is 5.97 Å². The SMILES string of the molecule is CC(C)CCC(CC[NH2+]Cc1ccc(F)cc1)C1CCOC(C)(C)C1.O=C([O-])C(=O)O. The minimum absolute atomic E-state index is 0.0385. The molecule has 1 fully saturated rings. The first-order chi connectivity index (χ1) is 14.5. The van der Waals surface area contributed by atoms with Crippen molar-refractivity contribution in [3.8, 4) is 0 Å². The summed E-state index contributed by atoms with van der Waals surface area (Å²) in [6.07, 6.45) is 6.33. The number of rotatable bonds is 9. The van der Waals surface area contributed by atoms with E-state index in [0.29, 0.717) is 0 Å². The van der Waals surface area contributed by atoms with Crippen molar-refractivity contribution < 1.29 is 34.2 Å². The Morgan fingerprint density at radius 3 is 2.35 bits per heavy atom. The lowest BCUT2D eigenvalue weighted by molar-refractivity contribution is -0.671. The van der Waals surface area contributed by atoms with Crippen LogP contribution in [0, 0.1) is 23.6 Å². The zero-order valence-corrected chi connectivity index (χ0v) is 19.2. The average molecular weight is 440 g/mol. The Hall–Kier alpha value is -1.99. The Morgan fingerprint density at radius 2 is 1.84 bits per heavy atom. The number of hydrogen-bond acceptors (Lipinski definition) is 4. The van der Waals surface area contributed by atoms with Crippen molar-refractivity contribution in [3.63, 3.8) is 0 Å². The Kier molecular flexibility index (Phi) is 11.7. The van der Waals surface area contributed by atoms with Gasteiger partial charge in [0.25, 0.3) is 0 Å². The fourth-order valence-electron chi connectivity index (χ4n) is 4.07. The molecule has 2 atom stereocenters. The summed E-state index contributed by atoms with van der Waals surface area (Å²) in [6.45, 7) is 12.1. The maximum absolute atomic E-state index is 13.0. The third-order valence-corrected chi connectivity index (χ3v) is 5.73. The van der Waals surface area contributed by atoms with Gasteiger partial charge in [-0.15, -0.1) is 0 Å². The summed E-state index contributed by atoms with van der Waals surface area (Å²) in [7, 11) is 0. The first kappa shape index (κ1) is 27.0. The monoisotopic (exact) mass is 439 g/mol. The number of quaternary nitrogens is 1. The molecular weight excluding hydrogens is 401 g/mol. The zero-order chi connectivity index (χ0) is 23.4. The largest absolute Gasteiger partial charge is 0.539 e. The van der Waals surface area contributed by atoms with E-state index in [4.69, 9.17) is 24.5 Å². The Labute approximate surface area is 185 Å². The van der Waals surface area contributed by atoms with Gasteiger partial charge in [0.05, 0.1) is 12.1 Å². The molecule has 7 heteroatoms. The third-order valence-electron chi connectivity index (χ3n) is 5.73.